The molecule has 0 fully saturated rings. The predicted octanol–water partition coefficient (Wildman–Crippen LogP) is 3.15. The highest BCUT2D eigenvalue weighted by Crippen LogP contribution is 2.11. The van der Waals surface area contributed by atoms with Gasteiger partial charge in [-0.2, -0.15) is 0 Å². The standard InChI is InChI=1S/C15H19ClN2O/c1-18(12-13-4-2-5-14(16)10-13)8-7-17-11-15-6-3-9-19-15/h2-6,9-10,17H,7-8,11-12H2,1H3. The third-order valence-electron chi connectivity index (χ3n) is 2.89. The first-order chi connectivity index (χ1) is 9.24. The van der Waals surface area contributed by atoms with E-state index in [1.807, 2.05) is 30.3 Å². The molecule has 3 nitrogen and oxygen atoms in total. The van der Waals surface area contributed by atoms with E-state index in [9.17, 15) is 0 Å². The predicted molar refractivity (Wildman–Crippen MR) is 78.2 cm³/mol. The molecular formula is C15H19ClN2O. The summed E-state index contributed by atoms with van der Waals surface area (Å²) in [5.41, 5.74) is 1.24. The van der Waals surface area contributed by atoms with Crippen LogP contribution in [0.1, 0.15) is 11.3 Å². The number of furan rings is 1. The van der Waals surface area contributed by atoms with Crippen LogP contribution in [0, 0.1) is 0 Å². The Morgan fingerprint density at radius 1 is 1.26 bits per heavy atom. The summed E-state index contributed by atoms with van der Waals surface area (Å²) in [4.78, 5) is 2.26. The highest BCUT2D eigenvalue weighted by molar-refractivity contribution is 6.30. The van der Waals surface area contributed by atoms with Gasteiger partial charge in [0, 0.05) is 24.7 Å². The maximum atomic E-state index is 5.97. The largest absolute Gasteiger partial charge is 0.468 e. The average Bonchev–Trinajstić information content (AvgIpc) is 2.88. The summed E-state index contributed by atoms with van der Waals surface area (Å²) >= 11 is 5.97. The topological polar surface area (TPSA) is 28.4 Å². The van der Waals surface area contributed by atoms with Crippen LogP contribution in [0.5, 0.6) is 0 Å². The molecule has 1 aromatic heterocycles. The van der Waals surface area contributed by atoms with Crippen LogP contribution in [0.2, 0.25) is 5.02 Å². The van der Waals surface area contributed by atoms with Crippen LogP contribution in [0.4, 0.5) is 0 Å². The van der Waals surface area contributed by atoms with E-state index in [0.29, 0.717) is 0 Å². The lowest BCUT2D eigenvalue weighted by atomic mass is 10.2. The molecule has 0 bridgehead atoms. The third kappa shape index (κ3) is 5.07. The molecule has 0 spiro atoms. The van der Waals surface area contributed by atoms with Crippen molar-refractivity contribution in [1.29, 1.82) is 0 Å². The van der Waals surface area contributed by atoms with E-state index in [0.717, 1.165) is 37.0 Å². The minimum absolute atomic E-state index is 0.776. The van der Waals surface area contributed by atoms with Crippen molar-refractivity contribution in [1.82, 2.24) is 10.2 Å². The minimum Gasteiger partial charge on any atom is -0.468 e. The summed E-state index contributed by atoms with van der Waals surface area (Å²) in [5.74, 6) is 0.970. The van der Waals surface area contributed by atoms with Crippen molar-refractivity contribution >= 4 is 11.6 Å². The Balaban J connectivity index is 1.65. The van der Waals surface area contributed by atoms with Gasteiger partial charge in [0.1, 0.15) is 5.76 Å². The molecule has 0 aliphatic rings. The number of nitrogens with one attached hydrogen (secondary N) is 1. The molecule has 0 radical (unpaired) electrons. The van der Waals surface area contributed by atoms with Gasteiger partial charge in [0.25, 0.3) is 0 Å². The summed E-state index contributed by atoms with van der Waals surface area (Å²) in [6.45, 7) is 3.59. The molecule has 0 saturated carbocycles. The fourth-order valence-electron chi connectivity index (χ4n) is 1.92. The van der Waals surface area contributed by atoms with E-state index >= 15 is 0 Å². The Morgan fingerprint density at radius 2 is 2.16 bits per heavy atom. The summed E-state index contributed by atoms with van der Waals surface area (Å²) in [5, 5.41) is 4.15. The zero-order chi connectivity index (χ0) is 13.5. The molecule has 2 aromatic rings. The zero-order valence-electron chi connectivity index (χ0n) is 11.1. The van der Waals surface area contributed by atoms with Crippen molar-refractivity contribution in [3.63, 3.8) is 0 Å². The first-order valence-corrected chi connectivity index (χ1v) is 6.78. The summed E-state index contributed by atoms with van der Waals surface area (Å²) in [6.07, 6.45) is 1.70. The van der Waals surface area contributed by atoms with Crippen LogP contribution in [0.25, 0.3) is 0 Å². The second-order valence-electron chi connectivity index (χ2n) is 4.62. The third-order valence-corrected chi connectivity index (χ3v) is 3.13. The summed E-state index contributed by atoms with van der Waals surface area (Å²) < 4.78 is 5.26. The number of rotatable bonds is 7. The Morgan fingerprint density at radius 3 is 2.89 bits per heavy atom. The van der Waals surface area contributed by atoms with Gasteiger partial charge in [-0.3, -0.25) is 0 Å². The van der Waals surface area contributed by atoms with Crippen LogP contribution in [-0.2, 0) is 13.1 Å². The maximum Gasteiger partial charge on any atom is 0.117 e. The first-order valence-electron chi connectivity index (χ1n) is 6.40. The van der Waals surface area contributed by atoms with Gasteiger partial charge in [-0.05, 0) is 36.9 Å². The van der Waals surface area contributed by atoms with Crippen LogP contribution in [0.15, 0.2) is 47.1 Å². The number of nitrogens with zero attached hydrogens (tertiary/aromatic N) is 1. The Kier molecular flexibility index (Phi) is 5.45. The smallest absolute Gasteiger partial charge is 0.117 e. The molecule has 0 amide bonds. The van der Waals surface area contributed by atoms with Gasteiger partial charge in [0.15, 0.2) is 0 Å². The molecule has 2 rings (SSSR count). The van der Waals surface area contributed by atoms with Gasteiger partial charge in [-0.1, -0.05) is 23.7 Å². The molecule has 1 heterocycles. The number of benzene rings is 1. The summed E-state index contributed by atoms with van der Waals surface area (Å²) in [7, 11) is 2.11. The van der Waals surface area contributed by atoms with Gasteiger partial charge in [-0.15, -0.1) is 0 Å². The fourth-order valence-corrected chi connectivity index (χ4v) is 2.13. The van der Waals surface area contributed by atoms with E-state index in [1.165, 1.54) is 5.56 Å². The number of halogens is 1. The molecule has 0 unspecified atom stereocenters. The van der Waals surface area contributed by atoms with Crippen molar-refractivity contribution in [2.24, 2.45) is 0 Å². The molecule has 19 heavy (non-hydrogen) atoms. The van der Waals surface area contributed by atoms with Crippen LogP contribution < -0.4 is 5.32 Å². The first kappa shape index (κ1) is 14.1. The molecule has 0 atom stereocenters. The van der Waals surface area contributed by atoms with Crippen molar-refractivity contribution in [2.75, 3.05) is 20.1 Å². The van der Waals surface area contributed by atoms with Crippen molar-refractivity contribution in [2.45, 2.75) is 13.1 Å². The normalized spacial score (nSPS) is 11.1. The molecule has 0 aliphatic carbocycles. The van der Waals surface area contributed by atoms with E-state index in [2.05, 4.69) is 23.3 Å². The minimum atomic E-state index is 0.776. The maximum absolute atomic E-state index is 5.97. The quantitative estimate of drug-likeness (QED) is 0.789. The molecule has 0 aliphatic heterocycles. The highest BCUT2D eigenvalue weighted by atomic mass is 35.5. The molecule has 1 aromatic carbocycles. The van der Waals surface area contributed by atoms with Crippen molar-refractivity contribution < 1.29 is 4.42 Å². The Hall–Kier alpha value is -1.29. The van der Waals surface area contributed by atoms with Crippen LogP contribution >= 0.6 is 11.6 Å². The highest BCUT2D eigenvalue weighted by Gasteiger charge is 2.01. The van der Waals surface area contributed by atoms with E-state index < -0.39 is 0 Å². The number of hydrogen-bond acceptors (Lipinski definition) is 3. The van der Waals surface area contributed by atoms with Crippen molar-refractivity contribution in [3.05, 3.63) is 59.0 Å². The number of likely N-dealkylation sites (N-methyl/N-ethyl adjacent to an activating group) is 1. The molecule has 102 valence electrons. The Labute approximate surface area is 119 Å². The van der Waals surface area contributed by atoms with E-state index in [4.69, 9.17) is 16.0 Å². The molecule has 0 saturated heterocycles. The second-order valence-corrected chi connectivity index (χ2v) is 5.06. The Bertz CT molecular complexity index is 485. The van der Waals surface area contributed by atoms with Gasteiger partial charge in [0.05, 0.1) is 12.8 Å². The van der Waals surface area contributed by atoms with Gasteiger partial charge < -0.3 is 14.6 Å². The van der Waals surface area contributed by atoms with Gasteiger partial charge >= 0.3 is 0 Å². The lowest BCUT2D eigenvalue weighted by Crippen LogP contribution is -2.28. The van der Waals surface area contributed by atoms with Crippen LogP contribution in [0.3, 0.4) is 0 Å². The zero-order valence-corrected chi connectivity index (χ0v) is 11.9. The number of hydrogen-bond donors (Lipinski definition) is 1. The lowest BCUT2D eigenvalue weighted by Gasteiger charge is -2.17. The monoisotopic (exact) mass is 278 g/mol. The SMILES string of the molecule is CN(CCNCc1ccco1)Cc1cccc(Cl)c1. The lowest BCUT2D eigenvalue weighted by molar-refractivity contribution is 0.321. The average molecular weight is 279 g/mol. The van der Waals surface area contributed by atoms with Gasteiger partial charge in [0.2, 0.25) is 0 Å². The van der Waals surface area contributed by atoms with E-state index in [1.54, 1.807) is 6.26 Å². The molecule has 1 N–H and O–H groups in total. The summed E-state index contributed by atoms with van der Waals surface area (Å²) in [6, 6.07) is 11.9. The van der Waals surface area contributed by atoms with Crippen molar-refractivity contribution in [3.8, 4) is 0 Å². The fraction of sp³-hybridized carbons (Fsp3) is 0.333. The van der Waals surface area contributed by atoms with Gasteiger partial charge in [-0.25, -0.2) is 0 Å². The second kappa shape index (κ2) is 7.34. The van der Waals surface area contributed by atoms with Crippen LogP contribution in [-0.4, -0.2) is 25.0 Å². The van der Waals surface area contributed by atoms with E-state index in [-0.39, 0.29) is 0 Å². The molecule has 4 heteroatoms. The molecular weight excluding hydrogens is 260 g/mol.